The zero-order valence-corrected chi connectivity index (χ0v) is 14.9. The average Bonchev–Trinajstić information content (AvgIpc) is 3.22. The van der Waals surface area contributed by atoms with Gasteiger partial charge in [0.15, 0.2) is 5.78 Å². The molecule has 1 aliphatic heterocycles. The van der Waals surface area contributed by atoms with Crippen molar-refractivity contribution in [2.45, 2.75) is 32.1 Å². The van der Waals surface area contributed by atoms with Crippen LogP contribution >= 0.6 is 0 Å². The van der Waals surface area contributed by atoms with Gasteiger partial charge in [0, 0.05) is 42.2 Å². The van der Waals surface area contributed by atoms with Crippen LogP contribution in [0.3, 0.4) is 0 Å². The number of allylic oxidation sites excluding steroid dienone is 2. The number of rotatable bonds is 3. The maximum Gasteiger partial charge on any atom is 0.253 e. The summed E-state index contributed by atoms with van der Waals surface area (Å²) in [5.74, 6) is 0.0513. The van der Waals surface area contributed by atoms with Gasteiger partial charge in [-0.1, -0.05) is 24.3 Å². The van der Waals surface area contributed by atoms with Gasteiger partial charge >= 0.3 is 0 Å². The summed E-state index contributed by atoms with van der Waals surface area (Å²) in [4.78, 5) is 30.2. The van der Waals surface area contributed by atoms with Crippen LogP contribution in [-0.2, 0) is 0 Å². The average molecular weight is 348 g/mol. The Hall–Kier alpha value is -2.62. The fraction of sp³-hybridized carbons (Fsp3) is 0.364. The molecule has 0 saturated carbocycles. The fourth-order valence-electron chi connectivity index (χ4n) is 4.27. The number of nitrogens with zero attached hydrogens (tertiary/aromatic N) is 1. The molecule has 1 N–H and O–H groups in total. The highest BCUT2D eigenvalue weighted by molar-refractivity contribution is 6.09. The van der Waals surface area contributed by atoms with Gasteiger partial charge in [-0.05, 0) is 55.7 Å². The van der Waals surface area contributed by atoms with Gasteiger partial charge < -0.3 is 9.88 Å². The number of carbonyl (C=O) groups is 2. The molecule has 1 aliphatic carbocycles. The van der Waals surface area contributed by atoms with Crippen LogP contribution in [0.2, 0.25) is 0 Å². The van der Waals surface area contributed by atoms with Gasteiger partial charge in [0.2, 0.25) is 0 Å². The summed E-state index contributed by atoms with van der Waals surface area (Å²) in [5.41, 5.74) is 2.17. The molecule has 0 bridgehead atoms. The van der Waals surface area contributed by atoms with Crippen LogP contribution in [-0.4, -0.2) is 34.7 Å². The van der Waals surface area contributed by atoms with Gasteiger partial charge in [-0.15, -0.1) is 0 Å². The molecular formula is C22H24N2O2. The maximum absolute atomic E-state index is 13.0. The molecule has 4 rings (SSSR count). The number of nitrogens with one attached hydrogen (secondary N) is 1. The monoisotopic (exact) mass is 348 g/mol. The molecule has 0 radical (unpaired) electrons. The molecular weight excluding hydrogens is 324 g/mol. The molecule has 0 unspecified atom stereocenters. The summed E-state index contributed by atoms with van der Waals surface area (Å²) in [5, 5.41) is 0. The van der Waals surface area contributed by atoms with Crippen LogP contribution in [0.25, 0.3) is 0 Å². The Bertz CT molecular complexity index is 820. The molecule has 1 aromatic heterocycles. The second-order valence-electron chi connectivity index (χ2n) is 7.55. The summed E-state index contributed by atoms with van der Waals surface area (Å²) < 4.78 is 0. The van der Waals surface area contributed by atoms with Crippen molar-refractivity contribution in [2.75, 3.05) is 13.1 Å². The lowest BCUT2D eigenvalue weighted by Gasteiger charge is -2.44. The molecule has 4 nitrogen and oxygen atoms in total. The predicted octanol–water partition coefficient (Wildman–Crippen LogP) is 4.21. The molecule has 1 amide bonds. The van der Waals surface area contributed by atoms with Gasteiger partial charge in [-0.3, -0.25) is 9.59 Å². The van der Waals surface area contributed by atoms with Crippen molar-refractivity contribution in [3.8, 4) is 0 Å². The lowest BCUT2D eigenvalue weighted by atomic mass is 9.71. The molecule has 1 atom stereocenters. The molecule has 1 spiro atoms. The summed E-state index contributed by atoms with van der Waals surface area (Å²) in [6, 6.07) is 8.83. The summed E-state index contributed by atoms with van der Waals surface area (Å²) >= 11 is 0. The first-order valence-corrected chi connectivity index (χ1v) is 9.39. The van der Waals surface area contributed by atoms with Crippen molar-refractivity contribution in [1.29, 1.82) is 0 Å². The third-order valence-electron chi connectivity index (χ3n) is 5.76. The molecule has 1 saturated heterocycles. The van der Waals surface area contributed by atoms with Crippen molar-refractivity contribution in [3.63, 3.8) is 0 Å². The fourth-order valence-corrected chi connectivity index (χ4v) is 4.27. The number of carbonyl (C=O) groups excluding carboxylic acids is 2. The number of piperidine rings is 1. The Morgan fingerprint density at radius 2 is 1.77 bits per heavy atom. The van der Waals surface area contributed by atoms with Crippen molar-refractivity contribution >= 4 is 11.7 Å². The minimum atomic E-state index is -0.0313. The number of aromatic nitrogens is 1. The van der Waals surface area contributed by atoms with E-state index in [9.17, 15) is 9.59 Å². The molecule has 1 aromatic carbocycles. The largest absolute Gasteiger partial charge is 0.367 e. The third-order valence-corrected chi connectivity index (χ3v) is 5.76. The van der Waals surface area contributed by atoms with Gasteiger partial charge in [-0.2, -0.15) is 0 Å². The third kappa shape index (κ3) is 3.24. The number of amides is 1. The Labute approximate surface area is 153 Å². The standard InChI is InChI=1S/C22H24N2O2/c25-20(19-9-13-23-15-19)17-5-7-18(8-6-17)21(26)24-14-4-12-22(16-24)10-2-1-3-11-22/h1-2,5-9,13,15,23H,3-4,10-12,14,16H2/t22-/m1/s1. The van der Waals surface area contributed by atoms with E-state index in [2.05, 4.69) is 17.1 Å². The topological polar surface area (TPSA) is 53.2 Å². The van der Waals surface area contributed by atoms with Gasteiger partial charge in [0.1, 0.15) is 0 Å². The van der Waals surface area contributed by atoms with Crippen molar-refractivity contribution in [3.05, 3.63) is 71.6 Å². The highest BCUT2D eigenvalue weighted by atomic mass is 16.2. The first kappa shape index (κ1) is 16.8. The van der Waals surface area contributed by atoms with Crippen molar-refractivity contribution in [2.24, 2.45) is 5.41 Å². The smallest absolute Gasteiger partial charge is 0.253 e. The van der Waals surface area contributed by atoms with Crippen LogP contribution in [0.15, 0.2) is 54.9 Å². The van der Waals surface area contributed by atoms with E-state index in [1.807, 2.05) is 4.90 Å². The predicted molar refractivity (Wildman–Crippen MR) is 101 cm³/mol. The van der Waals surface area contributed by atoms with Crippen LogP contribution in [0.1, 0.15) is 58.4 Å². The van der Waals surface area contributed by atoms with Gasteiger partial charge in [0.05, 0.1) is 0 Å². The number of likely N-dealkylation sites (tertiary alicyclic amines) is 1. The Morgan fingerprint density at radius 1 is 0.962 bits per heavy atom. The van der Waals surface area contributed by atoms with Crippen LogP contribution in [0.4, 0.5) is 0 Å². The molecule has 2 aromatic rings. The van der Waals surface area contributed by atoms with E-state index in [1.165, 1.54) is 12.8 Å². The van der Waals surface area contributed by atoms with Crippen LogP contribution in [0, 0.1) is 5.41 Å². The number of hydrogen-bond donors (Lipinski definition) is 1. The normalized spacial score (nSPS) is 22.5. The highest BCUT2D eigenvalue weighted by Crippen LogP contribution is 2.41. The van der Waals surface area contributed by atoms with E-state index in [0.29, 0.717) is 16.7 Å². The number of H-pyrrole nitrogens is 1. The van der Waals surface area contributed by atoms with E-state index < -0.39 is 0 Å². The second kappa shape index (κ2) is 6.94. The molecule has 4 heteroatoms. The summed E-state index contributed by atoms with van der Waals surface area (Å²) in [6.45, 7) is 1.68. The van der Waals surface area contributed by atoms with E-state index in [-0.39, 0.29) is 17.1 Å². The van der Waals surface area contributed by atoms with Crippen LogP contribution < -0.4 is 0 Å². The van der Waals surface area contributed by atoms with E-state index in [4.69, 9.17) is 0 Å². The molecule has 1 fully saturated rings. The Morgan fingerprint density at radius 3 is 2.46 bits per heavy atom. The number of ketones is 1. The SMILES string of the molecule is O=C(c1ccc(C(=O)N2CCC[C@]3(CC=CCC3)C2)cc1)c1cc[nH]c1. The number of benzene rings is 1. The van der Waals surface area contributed by atoms with Gasteiger partial charge in [-0.25, -0.2) is 0 Å². The van der Waals surface area contributed by atoms with Crippen LogP contribution in [0.5, 0.6) is 0 Å². The zero-order chi connectivity index (χ0) is 18.0. The van der Waals surface area contributed by atoms with Crippen molar-refractivity contribution < 1.29 is 9.59 Å². The van der Waals surface area contributed by atoms with E-state index in [0.717, 1.165) is 32.4 Å². The first-order chi connectivity index (χ1) is 12.7. The Balaban J connectivity index is 1.48. The minimum Gasteiger partial charge on any atom is -0.367 e. The Kier molecular flexibility index (Phi) is 4.49. The lowest BCUT2D eigenvalue weighted by Crippen LogP contribution is -2.46. The zero-order valence-electron chi connectivity index (χ0n) is 14.9. The second-order valence-corrected chi connectivity index (χ2v) is 7.55. The highest BCUT2D eigenvalue weighted by Gasteiger charge is 2.36. The van der Waals surface area contributed by atoms with Crippen molar-refractivity contribution in [1.82, 2.24) is 9.88 Å². The summed E-state index contributed by atoms with van der Waals surface area (Å²) in [7, 11) is 0. The first-order valence-electron chi connectivity index (χ1n) is 9.39. The molecule has 2 aliphatic rings. The lowest BCUT2D eigenvalue weighted by molar-refractivity contribution is 0.0484. The number of aromatic amines is 1. The quantitative estimate of drug-likeness (QED) is 0.667. The molecule has 134 valence electrons. The number of hydrogen-bond acceptors (Lipinski definition) is 2. The maximum atomic E-state index is 13.0. The molecule has 2 heterocycles. The summed E-state index contributed by atoms with van der Waals surface area (Å²) in [6.07, 6.45) is 13.6. The van der Waals surface area contributed by atoms with Gasteiger partial charge in [0.25, 0.3) is 5.91 Å². The minimum absolute atomic E-state index is 0.0313. The van der Waals surface area contributed by atoms with E-state index in [1.54, 1.807) is 42.7 Å². The van der Waals surface area contributed by atoms with E-state index >= 15 is 0 Å². The molecule has 26 heavy (non-hydrogen) atoms.